The van der Waals surface area contributed by atoms with Gasteiger partial charge in [-0.3, -0.25) is 9.59 Å². The van der Waals surface area contributed by atoms with Gasteiger partial charge in [0, 0.05) is 61.6 Å². The van der Waals surface area contributed by atoms with Crippen molar-refractivity contribution in [1.29, 1.82) is 0 Å². The van der Waals surface area contributed by atoms with Crippen molar-refractivity contribution in [2.45, 2.75) is 26.1 Å². The van der Waals surface area contributed by atoms with Crippen molar-refractivity contribution in [2.75, 3.05) is 31.9 Å². The third-order valence-corrected chi connectivity index (χ3v) is 13.5. The van der Waals surface area contributed by atoms with Gasteiger partial charge in [-0.15, -0.1) is 11.6 Å². The van der Waals surface area contributed by atoms with E-state index < -0.39 is 29.1 Å². The summed E-state index contributed by atoms with van der Waals surface area (Å²) in [6, 6.07) is 55.8. The first-order chi connectivity index (χ1) is 47.8. The first kappa shape index (κ1) is 93.3. The summed E-state index contributed by atoms with van der Waals surface area (Å²) in [5.74, 6) is -4.25. The average Bonchev–Trinajstić information content (AvgIpc) is 1.71. The van der Waals surface area contributed by atoms with Gasteiger partial charge in [-0.2, -0.15) is 0 Å². The Kier molecular flexibility index (Phi) is 45.8. The number of ketones is 1. The number of aromatic carboxylic acids is 2. The van der Waals surface area contributed by atoms with Crippen molar-refractivity contribution in [3.05, 3.63) is 248 Å². The molecule has 1 unspecified atom stereocenters. The molecule has 0 saturated heterocycles. The van der Waals surface area contributed by atoms with Crippen LogP contribution in [0, 0.1) is 0 Å². The molecular formula is C72H77ClIN11Na2O16. The number of methoxy groups -OCH3 is 1. The Hall–Kier alpha value is -9.73. The van der Waals surface area contributed by atoms with Crippen molar-refractivity contribution < 1.29 is 138 Å². The summed E-state index contributed by atoms with van der Waals surface area (Å²) in [4.78, 5) is 113. The number of aromatic nitrogens is 10. The summed E-state index contributed by atoms with van der Waals surface area (Å²) in [6.45, 7) is 6.41. The summed E-state index contributed by atoms with van der Waals surface area (Å²) in [5.41, 5.74) is 13.7. The number of aromatic amines is 1. The maximum atomic E-state index is 11.8. The summed E-state index contributed by atoms with van der Waals surface area (Å²) in [5, 5.41) is 16.7. The Morgan fingerprint density at radius 2 is 0.816 bits per heavy atom. The SMILES string of the molecule is CCOC(=O)c1[nH]cnc1-c1ccccc1.CCOC(=O)c1c(-c2ccccc2)ncn1C.CCOC(=O)c1ncn(C)c1-c1ccccc1.CI.COC(=O)C(Cl)C(=O)c1ccccc1.Cn1cnc(-c2ccccc2)c1C(=O)O.Cn1cnc(C(=O)O)c1-c1ccccc1.NC=O.[Na+].[Na+].[OH-].[OH-]. The molecule has 5 aromatic heterocycles. The summed E-state index contributed by atoms with van der Waals surface area (Å²) < 4.78 is 26.0. The molecule has 1 amide bonds. The number of H-pyrrole nitrogens is 1. The van der Waals surface area contributed by atoms with Gasteiger partial charge < -0.3 is 69.1 Å². The maximum Gasteiger partial charge on any atom is 1.00 e. The summed E-state index contributed by atoms with van der Waals surface area (Å²) >= 11 is 7.74. The van der Waals surface area contributed by atoms with E-state index in [4.69, 9.17) is 40.8 Å². The second-order valence-corrected chi connectivity index (χ2v) is 20.1. The third kappa shape index (κ3) is 28.2. The van der Waals surface area contributed by atoms with Crippen molar-refractivity contribution in [3.63, 3.8) is 0 Å². The number of benzene rings is 6. The minimum Gasteiger partial charge on any atom is -0.870 e. The second kappa shape index (κ2) is 50.6. The summed E-state index contributed by atoms with van der Waals surface area (Å²) in [7, 11) is 8.28. The minimum absolute atomic E-state index is 0. The molecular weight excluding hydrogens is 1480 g/mol. The van der Waals surface area contributed by atoms with Crippen LogP contribution in [0.1, 0.15) is 83.6 Å². The fourth-order valence-corrected chi connectivity index (χ4v) is 9.05. The predicted octanol–water partition coefficient (Wildman–Crippen LogP) is 5.81. The van der Waals surface area contributed by atoms with E-state index in [9.17, 15) is 33.6 Å². The van der Waals surface area contributed by atoms with Crippen LogP contribution in [0.15, 0.2) is 214 Å². The second-order valence-electron chi connectivity index (χ2n) is 19.7. The molecule has 5 heterocycles. The van der Waals surface area contributed by atoms with Gasteiger partial charge in [0.1, 0.15) is 17.1 Å². The van der Waals surface area contributed by atoms with E-state index in [0.717, 1.165) is 33.5 Å². The number of nitrogens with one attached hydrogen (secondary N) is 1. The van der Waals surface area contributed by atoms with Gasteiger partial charge >= 0.3 is 94.9 Å². The molecule has 0 aliphatic rings. The molecule has 1 atom stereocenters. The Balaban J connectivity index is 0.00000119. The van der Waals surface area contributed by atoms with E-state index in [0.29, 0.717) is 65.2 Å². The molecule has 31 heteroatoms. The normalized spacial score (nSPS) is 9.70. The molecule has 6 aromatic carbocycles. The molecule has 532 valence electrons. The molecule has 0 aliphatic heterocycles. The van der Waals surface area contributed by atoms with Crippen LogP contribution in [0.5, 0.6) is 0 Å². The van der Waals surface area contributed by atoms with Crippen LogP contribution >= 0.6 is 34.2 Å². The van der Waals surface area contributed by atoms with Gasteiger partial charge in [0.2, 0.25) is 6.41 Å². The van der Waals surface area contributed by atoms with Crippen molar-refractivity contribution in [2.24, 2.45) is 33.9 Å². The van der Waals surface area contributed by atoms with Gasteiger partial charge in [-0.25, -0.2) is 53.7 Å². The van der Waals surface area contributed by atoms with Crippen LogP contribution in [-0.4, -0.2) is 155 Å². The Bertz CT molecular complexity index is 4320. The van der Waals surface area contributed by atoms with E-state index in [1.54, 1.807) is 94.0 Å². The van der Waals surface area contributed by atoms with E-state index in [1.165, 1.54) is 30.7 Å². The largest absolute Gasteiger partial charge is 1.00 e. The Labute approximate surface area is 658 Å². The van der Waals surface area contributed by atoms with Crippen LogP contribution < -0.4 is 64.8 Å². The number of primary amides is 1. The third-order valence-electron chi connectivity index (χ3n) is 13.1. The number of nitrogens with two attached hydrogens (primary N) is 1. The van der Waals surface area contributed by atoms with Gasteiger partial charge in [-0.1, -0.05) is 205 Å². The fourth-order valence-electron chi connectivity index (χ4n) is 8.83. The molecule has 11 rings (SSSR count). The molecule has 103 heavy (non-hydrogen) atoms. The topological polar surface area (TPSA) is 400 Å². The number of ether oxygens (including phenoxy) is 4. The quantitative estimate of drug-likeness (QED) is 0.0130. The number of carbonyl (C=O) groups excluding carboxylic acids is 6. The number of esters is 4. The Morgan fingerprint density at radius 3 is 1.20 bits per heavy atom. The predicted molar refractivity (Wildman–Crippen MR) is 387 cm³/mol. The molecule has 7 N–H and O–H groups in total. The number of carboxylic acid groups (broad SMARTS) is 2. The van der Waals surface area contributed by atoms with Gasteiger partial charge in [0.05, 0.1) is 70.0 Å². The molecule has 27 nitrogen and oxygen atoms in total. The first-order valence-corrected chi connectivity index (χ1v) is 32.6. The zero-order chi connectivity index (χ0) is 72.8. The number of aryl methyl sites for hydroxylation is 4. The van der Waals surface area contributed by atoms with Crippen LogP contribution in [0.2, 0.25) is 0 Å². The van der Waals surface area contributed by atoms with E-state index in [1.807, 2.05) is 168 Å². The molecule has 0 aliphatic carbocycles. The number of Topliss-reactive ketones (excluding diaryl/α,β-unsaturated/α-hetero) is 1. The monoisotopic (exact) mass is 1560 g/mol. The smallest absolute Gasteiger partial charge is 0.870 e. The number of hydrogen-bond donors (Lipinski definition) is 4. The molecule has 11 aromatic rings. The number of alkyl halides is 2. The van der Waals surface area contributed by atoms with Crippen molar-refractivity contribution >= 4 is 82.2 Å². The zero-order valence-corrected chi connectivity index (χ0v) is 65.4. The van der Waals surface area contributed by atoms with Crippen LogP contribution in [0.4, 0.5) is 0 Å². The Morgan fingerprint density at radius 1 is 0.485 bits per heavy atom. The van der Waals surface area contributed by atoms with Crippen LogP contribution in [0.3, 0.4) is 0 Å². The number of imidazole rings is 5. The van der Waals surface area contributed by atoms with Crippen molar-refractivity contribution in [1.82, 2.24) is 48.2 Å². The first-order valence-electron chi connectivity index (χ1n) is 30.0. The molecule has 0 saturated carbocycles. The number of amides is 1. The van der Waals surface area contributed by atoms with Gasteiger partial charge in [0.25, 0.3) is 0 Å². The number of nitrogens with zero attached hydrogens (tertiary/aromatic N) is 9. The maximum absolute atomic E-state index is 11.8. The van der Waals surface area contributed by atoms with Gasteiger partial charge in [0.15, 0.2) is 39.6 Å². The average molecular weight is 1560 g/mol. The van der Waals surface area contributed by atoms with Crippen molar-refractivity contribution in [3.8, 4) is 56.3 Å². The molecule has 0 bridgehead atoms. The van der Waals surface area contributed by atoms with Crippen LogP contribution in [-0.2, 0) is 56.7 Å². The number of hydrogen-bond acceptors (Lipinski definition) is 19. The number of carboxylic acids is 2. The standard InChI is InChI=1S/2C13H14N2O2.C12H12N2O2.2C11H10N2O2.C10H9ClO3.CH3I.CH3NO.2Na.2H2O/c1-3-17-13(16)11-12(15(2)9-14-11)10-7-5-4-6-8-10;1-3-17-13(16)12-11(14-9-15(12)2)10-7-5-4-6-8-10;1-2-16-12(15)11-10(13-8-14-11)9-6-4-3-5-7-9;1-13-7-12-9(11(14)15)10(13)8-5-3-2-4-6-8;1-13-7-12-9(10(13)11(14)15)8-5-3-2-4-6-8;1-14-10(13)8(11)9(12)7-5-3-2-4-6-7;1-2;2-1-3;;;;/h2*4-9H,3H2,1-2H3;3-8H,2H2,1H3,(H,13,14);2*2-7H,1H3,(H,14,15);2-6,8H,1H3;1H3;1H,(H2,2,3);;;2*1H2/q;;;;;;;;2*+1;;/p-2. The zero-order valence-electron chi connectivity index (χ0n) is 58.5. The number of rotatable bonds is 16. The molecule has 0 radical (unpaired) electrons. The summed E-state index contributed by atoms with van der Waals surface area (Å²) in [6.07, 6.45) is 8.00. The van der Waals surface area contributed by atoms with Crippen LogP contribution in [0.25, 0.3) is 56.3 Å². The van der Waals surface area contributed by atoms with E-state index >= 15 is 0 Å². The minimum atomic E-state index is -1.26. The number of halogens is 2. The fraction of sp³-hybridized carbons (Fsp3) is 0.181. The number of carbonyl (C=O) groups is 8. The van der Waals surface area contributed by atoms with Gasteiger partial charge in [-0.05, 0) is 25.7 Å². The molecule has 0 spiro atoms. The van der Waals surface area contributed by atoms with E-state index in [-0.39, 0.29) is 106 Å². The molecule has 0 fully saturated rings. The van der Waals surface area contributed by atoms with E-state index in [2.05, 4.69) is 63.0 Å².